The van der Waals surface area contributed by atoms with Crippen LogP contribution in [0, 0.1) is 18.7 Å². The third kappa shape index (κ3) is 6.52. The van der Waals surface area contributed by atoms with Crippen LogP contribution >= 0.6 is 11.9 Å². The molecule has 1 aliphatic rings. The number of aryl methyl sites for hydroxylation is 1. The molecule has 0 unspecified atom stereocenters. The van der Waals surface area contributed by atoms with Crippen molar-refractivity contribution in [3.8, 4) is 0 Å². The SMILES string of the molecule is Cc1ccccc1F.NSc1cccc(NC(=O)C2CCCCC2)c1. The Balaban J connectivity index is 0.000000236. The van der Waals surface area contributed by atoms with Crippen LogP contribution < -0.4 is 10.5 Å². The maximum absolute atomic E-state index is 12.3. The molecule has 1 amide bonds. The predicted octanol–water partition coefficient (Wildman–Crippen LogP) is 5.31. The van der Waals surface area contributed by atoms with Crippen molar-refractivity contribution in [2.75, 3.05) is 5.32 Å². The number of carbonyl (C=O) groups excluding carboxylic acids is 1. The van der Waals surface area contributed by atoms with Crippen LogP contribution in [0.1, 0.15) is 37.7 Å². The minimum atomic E-state index is -0.132. The minimum Gasteiger partial charge on any atom is -0.326 e. The van der Waals surface area contributed by atoms with Gasteiger partial charge < -0.3 is 5.32 Å². The molecule has 3 N–H and O–H groups in total. The maximum Gasteiger partial charge on any atom is 0.227 e. The number of halogens is 1. The smallest absolute Gasteiger partial charge is 0.227 e. The van der Waals surface area contributed by atoms with E-state index in [1.165, 1.54) is 37.3 Å². The molecule has 0 bridgehead atoms. The Labute approximate surface area is 153 Å². The highest BCUT2D eigenvalue weighted by Gasteiger charge is 2.20. The van der Waals surface area contributed by atoms with Gasteiger partial charge in [-0.3, -0.25) is 9.93 Å². The van der Waals surface area contributed by atoms with E-state index in [9.17, 15) is 9.18 Å². The molecule has 0 radical (unpaired) electrons. The normalized spacial score (nSPS) is 14.4. The Morgan fingerprint density at radius 1 is 1.12 bits per heavy atom. The number of hydrogen-bond donors (Lipinski definition) is 2. The number of amides is 1. The first-order valence-corrected chi connectivity index (χ1v) is 9.47. The quantitative estimate of drug-likeness (QED) is 0.730. The average Bonchev–Trinajstić information content (AvgIpc) is 2.65. The molecule has 134 valence electrons. The van der Waals surface area contributed by atoms with Crippen molar-refractivity contribution < 1.29 is 9.18 Å². The Morgan fingerprint density at radius 3 is 2.44 bits per heavy atom. The minimum absolute atomic E-state index is 0.132. The lowest BCUT2D eigenvalue weighted by atomic mass is 9.88. The molecular weight excluding hydrogens is 335 g/mol. The lowest BCUT2D eigenvalue weighted by molar-refractivity contribution is -0.120. The van der Waals surface area contributed by atoms with Gasteiger partial charge in [0.2, 0.25) is 5.91 Å². The van der Waals surface area contributed by atoms with Gasteiger partial charge in [0, 0.05) is 16.5 Å². The number of nitrogens with two attached hydrogens (primary N) is 1. The number of carbonyl (C=O) groups is 1. The van der Waals surface area contributed by atoms with E-state index >= 15 is 0 Å². The Morgan fingerprint density at radius 2 is 1.84 bits per heavy atom. The Bertz CT molecular complexity index is 666. The van der Waals surface area contributed by atoms with E-state index in [-0.39, 0.29) is 17.6 Å². The van der Waals surface area contributed by atoms with Gasteiger partial charge in [-0.05, 0) is 61.5 Å². The zero-order valence-corrected chi connectivity index (χ0v) is 15.3. The maximum atomic E-state index is 12.3. The number of hydrogen-bond acceptors (Lipinski definition) is 3. The molecular formula is C20H25FN2OS. The van der Waals surface area contributed by atoms with Crippen LogP contribution in [0.2, 0.25) is 0 Å². The molecule has 3 nitrogen and oxygen atoms in total. The zero-order chi connectivity index (χ0) is 18.1. The van der Waals surface area contributed by atoms with Gasteiger partial charge in [-0.25, -0.2) is 4.39 Å². The average molecular weight is 360 g/mol. The number of anilines is 1. The first-order chi connectivity index (χ1) is 12.1. The van der Waals surface area contributed by atoms with E-state index in [4.69, 9.17) is 5.14 Å². The van der Waals surface area contributed by atoms with Gasteiger partial charge in [0.05, 0.1) is 0 Å². The van der Waals surface area contributed by atoms with E-state index in [0.29, 0.717) is 5.56 Å². The monoisotopic (exact) mass is 360 g/mol. The second-order valence-corrected chi connectivity index (χ2v) is 6.93. The molecule has 1 saturated carbocycles. The van der Waals surface area contributed by atoms with Gasteiger partial charge in [0.25, 0.3) is 0 Å². The second-order valence-electron chi connectivity index (χ2n) is 6.22. The largest absolute Gasteiger partial charge is 0.326 e. The summed E-state index contributed by atoms with van der Waals surface area (Å²) in [6, 6.07) is 14.4. The number of rotatable bonds is 3. The molecule has 1 aliphatic carbocycles. The van der Waals surface area contributed by atoms with Crippen molar-refractivity contribution in [1.29, 1.82) is 0 Å². The highest BCUT2D eigenvalue weighted by atomic mass is 32.2. The third-order valence-electron chi connectivity index (χ3n) is 4.29. The standard InChI is InChI=1S/C13H18N2OS.C7H7F/c14-17-12-8-4-7-11(9-12)15-13(16)10-5-2-1-3-6-10;1-6-4-2-3-5-7(6)8/h4,7-10H,1-3,5-6,14H2,(H,15,16);2-5H,1H3. The predicted molar refractivity (Wildman–Crippen MR) is 103 cm³/mol. The van der Waals surface area contributed by atoms with Gasteiger partial charge in [0.1, 0.15) is 5.82 Å². The van der Waals surface area contributed by atoms with Crippen LogP contribution in [0.15, 0.2) is 53.4 Å². The fourth-order valence-corrected chi connectivity index (χ4v) is 3.16. The molecule has 3 rings (SSSR count). The van der Waals surface area contributed by atoms with Crippen molar-refractivity contribution in [1.82, 2.24) is 0 Å². The highest BCUT2D eigenvalue weighted by molar-refractivity contribution is 7.97. The van der Waals surface area contributed by atoms with E-state index in [0.717, 1.165) is 23.4 Å². The zero-order valence-electron chi connectivity index (χ0n) is 14.5. The van der Waals surface area contributed by atoms with Crippen LogP contribution in [-0.4, -0.2) is 5.91 Å². The summed E-state index contributed by atoms with van der Waals surface area (Å²) in [6.45, 7) is 1.75. The summed E-state index contributed by atoms with van der Waals surface area (Å²) in [4.78, 5) is 13.0. The summed E-state index contributed by atoms with van der Waals surface area (Å²) in [6.07, 6.45) is 5.67. The molecule has 0 spiro atoms. The third-order valence-corrected chi connectivity index (χ3v) is 4.82. The lowest BCUT2D eigenvalue weighted by Crippen LogP contribution is -2.24. The molecule has 0 heterocycles. The molecule has 0 atom stereocenters. The molecule has 0 aliphatic heterocycles. The molecule has 25 heavy (non-hydrogen) atoms. The fraction of sp³-hybridized carbons (Fsp3) is 0.350. The van der Waals surface area contributed by atoms with Gasteiger partial charge in [-0.1, -0.05) is 43.5 Å². The summed E-state index contributed by atoms with van der Waals surface area (Å²) < 4.78 is 12.3. The summed E-state index contributed by atoms with van der Waals surface area (Å²) in [7, 11) is 0. The summed E-state index contributed by atoms with van der Waals surface area (Å²) in [5, 5.41) is 8.47. The van der Waals surface area contributed by atoms with Crippen LogP contribution in [0.3, 0.4) is 0 Å². The van der Waals surface area contributed by atoms with E-state index in [1.807, 2.05) is 30.3 Å². The Kier molecular flexibility index (Phi) is 7.95. The van der Waals surface area contributed by atoms with E-state index in [2.05, 4.69) is 5.32 Å². The van der Waals surface area contributed by atoms with Crippen molar-refractivity contribution >= 4 is 23.5 Å². The van der Waals surface area contributed by atoms with E-state index < -0.39 is 0 Å². The summed E-state index contributed by atoms with van der Waals surface area (Å²) in [5.74, 6) is 0.217. The van der Waals surface area contributed by atoms with Crippen LogP contribution in [0.4, 0.5) is 10.1 Å². The second kappa shape index (κ2) is 10.2. The van der Waals surface area contributed by atoms with Crippen molar-refractivity contribution in [3.05, 3.63) is 59.9 Å². The van der Waals surface area contributed by atoms with Crippen LogP contribution in [0.5, 0.6) is 0 Å². The van der Waals surface area contributed by atoms with Crippen LogP contribution in [0.25, 0.3) is 0 Å². The highest BCUT2D eigenvalue weighted by Crippen LogP contribution is 2.25. The Hall–Kier alpha value is -1.85. The summed E-state index contributed by atoms with van der Waals surface area (Å²) >= 11 is 1.19. The van der Waals surface area contributed by atoms with Gasteiger partial charge >= 0.3 is 0 Å². The first kappa shape index (κ1) is 19.5. The molecule has 2 aromatic rings. The van der Waals surface area contributed by atoms with Crippen molar-refractivity contribution in [2.24, 2.45) is 11.1 Å². The summed E-state index contributed by atoms with van der Waals surface area (Å²) in [5.41, 5.74) is 1.54. The molecule has 5 heteroatoms. The molecule has 0 aromatic heterocycles. The van der Waals surface area contributed by atoms with Crippen LogP contribution in [-0.2, 0) is 4.79 Å². The topological polar surface area (TPSA) is 55.1 Å². The van der Waals surface area contributed by atoms with Gasteiger partial charge in [-0.2, -0.15) is 0 Å². The first-order valence-electron chi connectivity index (χ1n) is 8.59. The van der Waals surface area contributed by atoms with Crippen molar-refractivity contribution in [3.63, 3.8) is 0 Å². The van der Waals surface area contributed by atoms with E-state index in [1.54, 1.807) is 19.1 Å². The fourth-order valence-electron chi connectivity index (χ4n) is 2.81. The van der Waals surface area contributed by atoms with Gasteiger partial charge in [-0.15, -0.1) is 0 Å². The number of nitrogens with one attached hydrogen (secondary N) is 1. The van der Waals surface area contributed by atoms with Crippen molar-refractivity contribution in [2.45, 2.75) is 43.9 Å². The molecule has 1 fully saturated rings. The lowest BCUT2D eigenvalue weighted by Gasteiger charge is -2.20. The number of benzene rings is 2. The molecule has 2 aromatic carbocycles. The van der Waals surface area contributed by atoms with Gasteiger partial charge in [0.15, 0.2) is 0 Å². The molecule has 0 saturated heterocycles.